The summed E-state index contributed by atoms with van der Waals surface area (Å²) in [4.78, 5) is 23.6. The van der Waals surface area contributed by atoms with Gasteiger partial charge in [0.1, 0.15) is 6.10 Å². The molecule has 0 aliphatic heterocycles. The van der Waals surface area contributed by atoms with E-state index in [1.807, 2.05) is 0 Å². The largest absolute Gasteiger partial charge is 0.481 e. The van der Waals surface area contributed by atoms with Crippen molar-refractivity contribution in [2.75, 3.05) is 20.2 Å². The molecule has 0 aromatic carbocycles. The molecule has 98 valence electrons. The van der Waals surface area contributed by atoms with Crippen molar-refractivity contribution in [3.63, 3.8) is 0 Å². The Morgan fingerprint density at radius 1 is 1.53 bits per heavy atom. The fourth-order valence-corrected chi connectivity index (χ4v) is 1.29. The first kappa shape index (κ1) is 15.6. The molecule has 5 nitrogen and oxygen atoms in total. The van der Waals surface area contributed by atoms with Crippen molar-refractivity contribution in [1.82, 2.24) is 4.90 Å². The van der Waals surface area contributed by atoms with Crippen LogP contribution in [0.3, 0.4) is 0 Å². The molecule has 0 aliphatic carbocycles. The Morgan fingerprint density at radius 3 is 2.71 bits per heavy atom. The summed E-state index contributed by atoms with van der Waals surface area (Å²) in [5, 5.41) is 8.48. The van der Waals surface area contributed by atoms with Gasteiger partial charge in [-0.25, -0.2) is 0 Å². The number of likely N-dealkylation sites (N-methyl/N-ethyl adjacent to an activating group) is 1. The van der Waals surface area contributed by atoms with Crippen LogP contribution < -0.4 is 0 Å². The number of carboxylic acid groups (broad SMARTS) is 1. The quantitative estimate of drug-likeness (QED) is 0.489. The zero-order chi connectivity index (χ0) is 13.3. The second-order valence-corrected chi connectivity index (χ2v) is 3.85. The van der Waals surface area contributed by atoms with E-state index in [-0.39, 0.29) is 12.3 Å². The van der Waals surface area contributed by atoms with E-state index >= 15 is 0 Å². The lowest BCUT2D eigenvalue weighted by Crippen LogP contribution is -2.37. The van der Waals surface area contributed by atoms with E-state index in [4.69, 9.17) is 9.84 Å². The highest BCUT2D eigenvalue weighted by Gasteiger charge is 2.17. The van der Waals surface area contributed by atoms with Crippen molar-refractivity contribution in [3.05, 3.63) is 12.7 Å². The van der Waals surface area contributed by atoms with Gasteiger partial charge in [-0.15, -0.1) is 6.58 Å². The Bertz CT molecular complexity index is 265. The molecular weight excluding hydrogens is 222 g/mol. The predicted molar refractivity (Wildman–Crippen MR) is 64.7 cm³/mol. The second-order valence-electron chi connectivity index (χ2n) is 3.85. The van der Waals surface area contributed by atoms with Gasteiger partial charge in [0, 0.05) is 20.0 Å². The molecule has 1 amide bonds. The van der Waals surface area contributed by atoms with Crippen molar-refractivity contribution < 1.29 is 19.4 Å². The SMILES string of the molecule is C=CCCOC(C)C(=O)N(C)CCCC(=O)O. The van der Waals surface area contributed by atoms with Crippen LogP contribution in [0.1, 0.15) is 26.2 Å². The Kier molecular flexibility index (Phi) is 8.05. The molecule has 0 spiro atoms. The molecule has 0 heterocycles. The molecule has 0 aromatic heterocycles. The maximum absolute atomic E-state index is 11.7. The molecule has 1 atom stereocenters. The number of nitrogens with zero attached hydrogens (tertiary/aromatic N) is 1. The summed E-state index contributed by atoms with van der Waals surface area (Å²) in [6, 6.07) is 0. The molecule has 0 bridgehead atoms. The molecule has 1 N–H and O–H groups in total. The lowest BCUT2D eigenvalue weighted by molar-refractivity contribution is -0.142. The summed E-state index contributed by atoms with van der Waals surface area (Å²) >= 11 is 0. The molecule has 0 saturated carbocycles. The van der Waals surface area contributed by atoms with Gasteiger partial charge in [-0.2, -0.15) is 0 Å². The Labute approximate surface area is 102 Å². The minimum Gasteiger partial charge on any atom is -0.481 e. The summed E-state index contributed by atoms with van der Waals surface area (Å²) in [5.41, 5.74) is 0. The highest BCUT2D eigenvalue weighted by Crippen LogP contribution is 2.01. The lowest BCUT2D eigenvalue weighted by Gasteiger charge is -2.21. The van der Waals surface area contributed by atoms with Crippen LogP contribution in [0, 0.1) is 0 Å². The molecular formula is C12H21NO4. The van der Waals surface area contributed by atoms with E-state index < -0.39 is 12.1 Å². The molecule has 0 fully saturated rings. The Balaban J connectivity index is 3.85. The third-order valence-electron chi connectivity index (χ3n) is 2.30. The van der Waals surface area contributed by atoms with Gasteiger partial charge in [-0.05, 0) is 19.8 Å². The number of hydrogen-bond donors (Lipinski definition) is 1. The van der Waals surface area contributed by atoms with E-state index in [1.165, 1.54) is 4.90 Å². The number of ether oxygens (including phenoxy) is 1. The fourth-order valence-electron chi connectivity index (χ4n) is 1.29. The van der Waals surface area contributed by atoms with Crippen molar-refractivity contribution >= 4 is 11.9 Å². The summed E-state index contributed by atoms with van der Waals surface area (Å²) in [6.45, 7) is 6.16. The monoisotopic (exact) mass is 243 g/mol. The third kappa shape index (κ3) is 7.52. The third-order valence-corrected chi connectivity index (χ3v) is 2.30. The normalized spacial score (nSPS) is 11.9. The van der Waals surface area contributed by atoms with Crippen molar-refractivity contribution in [2.24, 2.45) is 0 Å². The van der Waals surface area contributed by atoms with Crippen LogP contribution in [0.15, 0.2) is 12.7 Å². The zero-order valence-corrected chi connectivity index (χ0v) is 10.5. The zero-order valence-electron chi connectivity index (χ0n) is 10.5. The number of hydrogen-bond acceptors (Lipinski definition) is 3. The van der Waals surface area contributed by atoms with Gasteiger partial charge in [0.15, 0.2) is 0 Å². The van der Waals surface area contributed by atoms with E-state index in [1.54, 1.807) is 20.0 Å². The average Bonchev–Trinajstić information content (AvgIpc) is 2.27. The summed E-state index contributed by atoms with van der Waals surface area (Å²) in [7, 11) is 1.65. The van der Waals surface area contributed by atoms with Gasteiger partial charge in [-0.3, -0.25) is 9.59 Å². The number of aliphatic carboxylic acids is 1. The number of amides is 1. The van der Waals surface area contributed by atoms with Crippen LogP contribution in [-0.4, -0.2) is 48.2 Å². The maximum atomic E-state index is 11.7. The van der Waals surface area contributed by atoms with Gasteiger partial charge in [-0.1, -0.05) is 6.08 Å². The molecule has 0 saturated heterocycles. The van der Waals surface area contributed by atoms with Crippen molar-refractivity contribution in [3.8, 4) is 0 Å². The highest BCUT2D eigenvalue weighted by atomic mass is 16.5. The van der Waals surface area contributed by atoms with Gasteiger partial charge in [0.2, 0.25) is 0 Å². The lowest BCUT2D eigenvalue weighted by atomic mass is 10.2. The Hall–Kier alpha value is -1.36. The van der Waals surface area contributed by atoms with Crippen LogP contribution in [0.25, 0.3) is 0 Å². The van der Waals surface area contributed by atoms with Crippen LogP contribution in [-0.2, 0) is 14.3 Å². The molecule has 0 aliphatic rings. The van der Waals surface area contributed by atoms with E-state index in [9.17, 15) is 9.59 Å². The number of carbonyl (C=O) groups is 2. The molecule has 17 heavy (non-hydrogen) atoms. The van der Waals surface area contributed by atoms with Crippen LogP contribution in [0.4, 0.5) is 0 Å². The Morgan fingerprint density at radius 2 is 2.18 bits per heavy atom. The van der Waals surface area contributed by atoms with Gasteiger partial charge < -0.3 is 14.7 Å². The predicted octanol–water partition coefficient (Wildman–Crippen LogP) is 1.29. The average molecular weight is 243 g/mol. The van der Waals surface area contributed by atoms with E-state index in [0.717, 1.165) is 0 Å². The molecule has 0 radical (unpaired) electrons. The number of rotatable bonds is 9. The first-order valence-electron chi connectivity index (χ1n) is 5.68. The molecule has 1 unspecified atom stereocenters. The first-order chi connectivity index (χ1) is 7.99. The minimum absolute atomic E-state index is 0.0727. The standard InChI is InChI=1S/C12H21NO4/c1-4-5-9-17-10(2)12(16)13(3)8-6-7-11(14)15/h4,10H,1,5-9H2,2-3H3,(H,14,15). The number of carboxylic acids is 1. The maximum Gasteiger partial charge on any atom is 0.303 e. The fraction of sp³-hybridized carbons (Fsp3) is 0.667. The molecule has 5 heteroatoms. The first-order valence-corrected chi connectivity index (χ1v) is 5.68. The summed E-state index contributed by atoms with van der Waals surface area (Å²) < 4.78 is 5.31. The van der Waals surface area contributed by atoms with E-state index in [2.05, 4.69) is 6.58 Å². The van der Waals surface area contributed by atoms with Crippen molar-refractivity contribution in [2.45, 2.75) is 32.3 Å². The van der Waals surface area contributed by atoms with Gasteiger partial charge in [0.05, 0.1) is 6.61 Å². The topological polar surface area (TPSA) is 66.8 Å². The summed E-state index contributed by atoms with van der Waals surface area (Å²) in [5.74, 6) is -0.972. The van der Waals surface area contributed by atoms with E-state index in [0.29, 0.717) is 26.0 Å². The number of carbonyl (C=O) groups excluding carboxylic acids is 1. The highest BCUT2D eigenvalue weighted by molar-refractivity contribution is 5.80. The summed E-state index contributed by atoms with van der Waals surface area (Å²) in [6.07, 6.45) is 2.47. The van der Waals surface area contributed by atoms with Gasteiger partial charge >= 0.3 is 5.97 Å². The molecule has 0 aromatic rings. The second kappa shape index (κ2) is 8.75. The van der Waals surface area contributed by atoms with Crippen LogP contribution >= 0.6 is 0 Å². The van der Waals surface area contributed by atoms with Gasteiger partial charge in [0.25, 0.3) is 5.91 Å². The minimum atomic E-state index is -0.846. The van der Waals surface area contributed by atoms with Crippen LogP contribution in [0.2, 0.25) is 0 Å². The van der Waals surface area contributed by atoms with Crippen LogP contribution in [0.5, 0.6) is 0 Å². The van der Waals surface area contributed by atoms with Crippen molar-refractivity contribution in [1.29, 1.82) is 0 Å². The smallest absolute Gasteiger partial charge is 0.303 e. The molecule has 0 rings (SSSR count).